The lowest BCUT2D eigenvalue weighted by molar-refractivity contribution is -0.138. The molecule has 2 amide bonds. The van der Waals surface area contributed by atoms with Crippen LogP contribution in [0, 0.1) is 0 Å². The molecule has 1 aromatic heterocycles. The van der Waals surface area contributed by atoms with Crippen molar-refractivity contribution in [1.82, 2.24) is 20.0 Å². The lowest BCUT2D eigenvalue weighted by atomic mass is 10.0. The summed E-state index contributed by atoms with van der Waals surface area (Å²) in [5.41, 5.74) is 1.29. The van der Waals surface area contributed by atoms with Gasteiger partial charge in [0.05, 0.1) is 25.4 Å². The van der Waals surface area contributed by atoms with Gasteiger partial charge in [0.25, 0.3) is 5.91 Å². The van der Waals surface area contributed by atoms with Crippen LogP contribution in [0.5, 0.6) is 0 Å². The fourth-order valence-corrected chi connectivity index (χ4v) is 2.80. The first-order chi connectivity index (χ1) is 13.0. The Bertz CT molecular complexity index is 778. The van der Waals surface area contributed by atoms with Gasteiger partial charge in [-0.25, -0.2) is 9.59 Å². The summed E-state index contributed by atoms with van der Waals surface area (Å²) in [5, 5.41) is 6.97. The lowest BCUT2D eigenvalue weighted by Gasteiger charge is -2.30. The van der Waals surface area contributed by atoms with E-state index >= 15 is 0 Å². The van der Waals surface area contributed by atoms with Gasteiger partial charge in [-0.15, -0.1) is 0 Å². The van der Waals surface area contributed by atoms with Gasteiger partial charge in [0.15, 0.2) is 0 Å². The zero-order chi connectivity index (χ0) is 21.1. The molecule has 1 aromatic rings. The molecule has 9 heteroatoms. The number of nitrogens with one attached hydrogen (secondary N) is 1. The molecular formula is C19H28N4O5. The molecular weight excluding hydrogens is 364 g/mol. The number of nitrogens with zero attached hydrogens (tertiary/aromatic N) is 3. The van der Waals surface area contributed by atoms with Gasteiger partial charge in [-0.2, -0.15) is 5.10 Å². The highest BCUT2D eigenvalue weighted by molar-refractivity contribution is 5.95. The molecule has 0 saturated heterocycles. The zero-order valence-corrected chi connectivity index (χ0v) is 17.1. The largest absolute Gasteiger partial charge is 0.463 e. The van der Waals surface area contributed by atoms with Crippen molar-refractivity contribution in [3.8, 4) is 0 Å². The topological polar surface area (TPSA) is 105 Å². The maximum absolute atomic E-state index is 12.8. The highest BCUT2D eigenvalue weighted by Crippen LogP contribution is 2.23. The van der Waals surface area contributed by atoms with Crippen molar-refractivity contribution in [3.63, 3.8) is 0 Å². The van der Waals surface area contributed by atoms with E-state index in [1.54, 1.807) is 39.6 Å². The minimum Gasteiger partial charge on any atom is -0.463 e. The van der Waals surface area contributed by atoms with E-state index in [4.69, 9.17) is 9.47 Å². The van der Waals surface area contributed by atoms with Crippen LogP contribution >= 0.6 is 0 Å². The van der Waals surface area contributed by atoms with E-state index in [0.29, 0.717) is 24.2 Å². The second-order valence-corrected chi connectivity index (χ2v) is 7.66. The lowest BCUT2D eigenvalue weighted by Crippen LogP contribution is -2.40. The van der Waals surface area contributed by atoms with Gasteiger partial charge in [-0.05, 0) is 27.7 Å². The van der Waals surface area contributed by atoms with Crippen LogP contribution in [-0.4, -0.2) is 70.3 Å². The van der Waals surface area contributed by atoms with Crippen LogP contribution < -0.4 is 0 Å². The Morgan fingerprint density at radius 1 is 1.32 bits per heavy atom. The standard InChI is InChI=1S/C19H28N4O5/c1-7-27-17(25)12(2)10-22(6)16(24)15-13-11-23(9-8-14(13)20-21-15)18(26)28-19(3,4)5/h2,7-11H2,1,3-6H3,(H,20,21). The van der Waals surface area contributed by atoms with E-state index < -0.39 is 17.7 Å². The highest BCUT2D eigenvalue weighted by Gasteiger charge is 2.31. The third-order valence-corrected chi connectivity index (χ3v) is 4.12. The summed E-state index contributed by atoms with van der Waals surface area (Å²) in [6.45, 7) is 11.8. The van der Waals surface area contributed by atoms with Crippen LogP contribution in [0.1, 0.15) is 49.4 Å². The van der Waals surface area contributed by atoms with Crippen molar-refractivity contribution >= 4 is 18.0 Å². The number of carbonyl (C=O) groups is 3. The van der Waals surface area contributed by atoms with E-state index in [9.17, 15) is 14.4 Å². The zero-order valence-electron chi connectivity index (χ0n) is 17.1. The quantitative estimate of drug-likeness (QED) is 0.606. The third kappa shape index (κ3) is 5.11. The van der Waals surface area contributed by atoms with E-state index in [1.165, 1.54) is 4.90 Å². The average Bonchev–Trinajstić information content (AvgIpc) is 3.02. The van der Waals surface area contributed by atoms with Crippen LogP contribution in [0.2, 0.25) is 0 Å². The number of likely N-dealkylation sites (N-methyl/N-ethyl adjacent to an activating group) is 1. The summed E-state index contributed by atoms with van der Waals surface area (Å²) in [6.07, 6.45) is 0.0965. The molecule has 2 heterocycles. The number of esters is 1. The minimum absolute atomic E-state index is 0.0290. The van der Waals surface area contributed by atoms with Crippen molar-refractivity contribution in [2.45, 2.75) is 46.3 Å². The minimum atomic E-state index is -0.597. The number of H-pyrrole nitrogens is 1. The second-order valence-electron chi connectivity index (χ2n) is 7.66. The normalized spacial score (nSPS) is 13.5. The molecule has 0 aromatic carbocycles. The molecule has 28 heavy (non-hydrogen) atoms. The molecule has 0 fully saturated rings. The van der Waals surface area contributed by atoms with Crippen LogP contribution in [0.25, 0.3) is 0 Å². The summed E-state index contributed by atoms with van der Waals surface area (Å²) in [7, 11) is 1.56. The molecule has 9 nitrogen and oxygen atoms in total. The smallest absolute Gasteiger partial charge is 0.410 e. The van der Waals surface area contributed by atoms with E-state index in [1.807, 2.05) is 0 Å². The molecule has 1 aliphatic rings. The first-order valence-corrected chi connectivity index (χ1v) is 9.18. The number of fused-ring (bicyclic) bond motifs is 1. The Morgan fingerprint density at radius 2 is 2.00 bits per heavy atom. The van der Waals surface area contributed by atoms with Gasteiger partial charge in [0.1, 0.15) is 11.3 Å². The monoisotopic (exact) mass is 392 g/mol. The Morgan fingerprint density at radius 3 is 2.61 bits per heavy atom. The summed E-state index contributed by atoms with van der Waals surface area (Å²) < 4.78 is 10.3. The van der Waals surface area contributed by atoms with Gasteiger partial charge in [-0.3, -0.25) is 9.89 Å². The molecule has 0 atom stereocenters. The number of aromatic nitrogens is 2. The number of hydrogen-bond acceptors (Lipinski definition) is 6. The maximum atomic E-state index is 12.8. The number of carbonyl (C=O) groups excluding carboxylic acids is 3. The Labute approximate surface area is 164 Å². The molecule has 2 rings (SSSR count). The van der Waals surface area contributed by atoms with Gasteiger partial charge in [0, 0.05) is 31.1 Å². The molecule has 0 spiro atoms. The Hall–Kier alpha value is -2.84. The van der Waals surface area contributed by atoms with Crippen LogP contribution in [0.15, 0.2) is 12.2 Å². The summed E-state index contributed by atoms with van der Waals surface area (Å²) in [6, 6.07) is 0. The molecule has 1 N–H and O–H groups in total. The Kier molecular flexibility index (Phi) is 6.48. The SMILES string of the molecule is C=C(CN(C)C(=O)c1[nH]nc2c1CN(C(=O)OC(C)(C)C)CC2)C(=O)OCC. The molecule has 0 saturated carbocycles. The molecule has 154 valence electrons. The predicted octanol–water partition coefficient (Wildman–Crippen LogP) is 1.89. The number of rotatable bonds is 5. The van der Waals surface area contributed by atoms with E-state index in [0.717, 1.165) is 5.69 Å². The first-order valence-electron chi connectivity index (χ1n) is 9.18. The van der Waals surface area contributed by atoms with Crippen molar-refractivity contribution in [2.75, 3.05) is 26.7 Å². The molecule has 1 aliphatic heterocycles. The van der Waals surface area contributed by atoms with Gasteiger partial charge in [0.2, 0.25) is 0 Å². The van der Waals surface area contributed by atoms with Gasteiger partial charge < -0.3 is 19.3 Å². The maximum Gasteiger partial charge on any atom is 0.410 e. The molecule has 0 unspecified atom stereocenters. The van der Waals surface area contributed by atoms with E-state index in [2.05, 4.69) is 16.8 Å². The second kappa shape index (κ2) is 8.45. The fourth-order valence-electron chi connectivity index (χ4n) is 2.80. The average molecular weight is 392 g/mol. The highest BCUT2D eigenvalue weighted by atomic mass is 16.6. The number of ether oxygens (including phenoxy) is 2. The summed E-state index contributed by atoms with van der Waals surface area (Å²) in [4.78, 5) is 39.8. The summed E-state index contributed by atoms with van der Waals surface area (Å²) in [5.74, 6) is -0.880. The molecule has 0 aliphatic carbocycles. The number of hydrogen-bond donors (Lipinski definition) is 1. The number of amides is 2. The molecule has 0 bridgehead atoms. The van der Waals surface area contributed by atoms with Crippen molar-refractivity contribution in [2.24, 2.45) is 0 Å². The van der Waals surface area contributed by atoms with Crippen LogP contribution in [0.3, 0.4) is 0 Å². The first kappa shape index (κ1) is 21.5. The Balaban J connectivity index is 2.10. The predicted molar refractivity (Wildman–Crippen MR) is 102 cm³/mol. The van der Waals surface area contributed by atoms with Crippen molar-refractivity contribution in [3.05, 3.63) is 29.1 Å². The number of aromatic amines is 1. The van der Waals surface area contributed by atoms with Crippen LogP contribution in [-0.2, 0) is 27.2 Å². The van der Waals surface area contributed by atoms with Gasteiger partial charge in [-0.1, -0.05) is 6.58 Å². The van der Waals surface area contributed by atoms with E-state index in [-0.39, 0.29) is 31.2 Å². The van der Waals surface area contributed by atoms with Crippen LogP contribution in [0.4, 0.5) is 4.79 Å². The summed E-state index contributed by atoms with van der Waals surface area (Å²) >= 11 is 0. The molecule has 0 radical (unpaired) electrons. The van der Waals surface area contributed by atoms with Crippen molar-refractivity contribution < 1.29 is 23.9 Å². The fraction of sp³-hybridized carbons (Fsp3) is 0.579. The van der Waals surface area contributed by atoms with Gasteiger partial charge >= 0.3 is 12.1 Å². The van der Waals surface area contributed by atoms with Crippen molar-refractivity contribution in [1.29, 1.82) is 0 Å². The third-order valence-electron chi connectivity index (χ3n) is 4.12.